The Balaban J connectivity index is 2.29. The number of rotatable bonds is 7. The number of benzene rings is 1. The summed E-state index contributed by atoms with van der Waals surface area (Å²) in [6, 6.07) is 10.1. The molecule has 1 amide bonds. The third kappa shape index (κ3) is 5.20. The van der Waals surface area contributed by atoms with Crippen LogP contribution >= 0.6 is 11.8 Å². The van der Waals surface area contributed by atoms with Gasteiger partial charge in [-0.25, -0.2) is 0 Å². The van der Waals surface area contributed by atoms with Crippen molar-refractivity contribution in [3.8, 4) is 6.07 Å². The zero-order chi connectivity index (χ0) is 20.0. The van der Waals surface area contributed by atoms with Crippen molar-refractivity contribution in [2.24, 2.45) is 0 Å². The van der Waals surface area contributed by atoms with Crippen molar-refractivity contribution in [1.82, 2.24) is 4.57 Å². The number of anilines is 1. The number of carbonyl (C=O) groups excluding carboxylic acids is 1. The molecule has 1 heterocycles. The van der Waals surface area contributed by atoms with Gasteiger partial charge in [0.05, 0.1) is 5.69 Å². The number of aryl methyl sites for hydroxylation is 1. The minimum absolute atomic E-state index is 0.0800. The highest BCUT2D eigenvalue weighted by Gasteiger charge is 2.16. The number of para-hydroxylation sites is 1. The summed E-state index contributed by atoms with van der Waals surface area (Å²) in [5.41, 5.74) is 3.00. The second-order valence-electron chi connectivity index (χ2n) is 5.98. The van der Waals surface area contributed by atoms with Crippen molar-refractivity contribution < 1.29 is 13.6 Å². The van der Waals surface area contributed by atoms with Crippen molar-refractivity contribution >= 4 is 29.4 Å². The van der Waals surface area contributed by atoms with Gasteiger partial charge in [-0.15, -0.1) is 0 Å². The molecular weight excluding hydrogens is 368 g/mol. The van der Waals surface area contributed by atoms with Gasteiger partial charge in [-0.05, 0) is 50.1 Å². The van der Waals surface area contributed by atoms with Gasteiger partial charge < -0.3 is 9.88 Å². The molecule has 0 spiro atoms. The van der Waals surface area contributed by atoms with Crippen LogP contribution in [0.3, 0.4) is 0 Å². The van der Waals surface area contributed by atoms with Crippen LogP contribution in [-0.2, 0) is 11.3 Å². The van der Waals surface area contributed by atoms with Crippen molar-refractivity contribution in [1.29, 1.82) is 5.26 Å². The molecule has 1 N–H and O–H groups in total. The lowest BCUT2D eigenvalue weighted by Gasteiger charge is -2.10. The Hall–Kier alpha value is -2.59. The van der Waals surface area contributed by atoms with Gasteiger partial charge in [0.1, 0.15) is 11.6 Å². The second kappa shape index (κ2) is 9.38. The highest BCUT2D eigenvalue weighted by atomic mass is 32.2. The quantitative estimate of drug-likeness (QED) is 0.393. The lowest BCUT2D eigenvalue weighted by Crippen LogP contribution is -2.14. The maximum atomic E-state index is 12.7. The average molecular weight is 389 g/mol. The Morgan fingerprint density at radius 1 is 1.37 bits per heavy atom. The smallest absolute Gasteiger partial charge is 0.288 e. The normalized spacial score (nSPS) is 11.5. The molecule has 0 radical (unpaired) electrons. The average Bonchev–Trinajstić information content (AvgIpc) is 2.88. The highest BCUT2D eigenvalue weighted by Crippen LogP contribution is 2.32. The number of thioether (sulfide) groups is 1. The number of aromatic nitrogens is 1. The zero-order valence-electron chi connectivity index (χ0n) is 15.4. The van der Waals surface area contributed by atoms with Crippen molar-refractivity contribution in [3.05, 3.63) is 52.9 Å². The van der Waals surface area contributed by atoms with Crippen LogP contribution in [0.1, 0.15) is 30.3 Å². The van der Waals surface area contributed by atoms with Crippen molar-refractivity contribution in [2.45, 2.75) is 44.4 Å². The Morgan fingerprint density at radius 3 is 2.70 bits per heavy atom. The largest absolute Gasteiger partial charge is 0.349 e. The predicted molar refractivity (Wildman–Crippen MR) is 105 cm³/mol. The Morgan fingerprint density at radius 2 is 2.07 bits per heavy atom. The number of halogens is 2. The van der Waals surface area contributed by atoms with Crippen LogP contribution in [0.4, 0.5) is 14.5 Å². The van der Waals surface area contributed by atoms with Gasteiger partial charge in [0.15, 0.2) is 0 Å². The summed E-state index contributed by atoms with van der Waals surface area (Å²) in [4.78, 5) is 12.8. The molecule has 1 aromatic heterocycles. The minimum Gasteiger partial charge on any atom is -0.349 e. The molecule has 0 aliphatic rings. The molecule has 0 saturated carbocycles. The Labute approximate surface area is 161 Å². The number of hydrogen-bond donors (Lipinski definition) is 1. The number of amides is 1. The van der Waals surface area contributed by atoms with Gasteiger partial charge in [0.25, 0.3) is 11.7 Å². The number of nitriles is 1. The molecule has 2 rings (SSSR count). The molecule has 27 heavy (non-hydrogen) atoms. The van der Waals surface area contributed by atoms with Gasteiger partial charge in [0.2, 0.25) is 0 Å². The molecule has 0 aliphatic heterocycles. The van der Waals surface area contributed by atoms with Crippen LogP contribution in [0.15, 0.2) is 40.8 Å². The van der Waals surface area contributed by atoms with Gasteiger partial charge in [-0.2, -0.15) is 14.0 Å². The molecule has 1 aromatic carbocycles. The van der Waals surface area contributed by atoms with E-state index in [1.165, 1.54) is 18.2 Å². The third-order valence-electron chi connectivity index (χ3n) is 4.08. The predicted octanol–water partition coefficient (Wildman–Crippen LogP) is 5.38. The lowest BCUT2D eigenvalue weighted by atomic mass is 10.1. The van der Waals surface area contributed by atoms with Crippen LogP contribution in [0.5, 0.6) is 0 Å². The molecular formula is C20H21F2N3OS. The van der Waals surface area contributed by atoms with Crippen LogP contribution in [0, 0.1) is 25.2 Å². The summed E-state index contributed by atoms with van der Waals surface area (Å²) in [5.74, 6) is -3.22. The van der Waals surface area contributed by atoms with Gasteiger partial charge >= 0.3 is 0 Å². The van der Waals surface area contributed by atoms with E-state index < -0.39 is 11.7 Å². The molecule has 0 atom stereocenters. The fraction of sp³-hybridized carbons (Fsp3) is 0.300. The first kappa shape index (κ1) is 20.7. The van der Waals surface area contributed by atoms with E-state index in [2.05, 4.69) is 16.8 Å². The molecule has 2 aromatic rings. The highest BCUT2D eigenvalue weighted by molar-refractivity contribution is 7.99. The molecule has 4 nitrogen and oxygen atoms in total. The number of nitrogens with one attached hydrogen (secondary N) is 1. The number of hydrogen-bond acceptors (Lipinski definition) is 3. The third-order valence-corrected chi connectivity index (χ3v) is 4.86. The maximum Gasteiger partial charge on any atom is 0.288 e. The Bertz CT molecular complexity index is 897. The van der Waals surface area contributed by atoms with Gasteiger partial charge in [0, 0.05) is 22.8 Å². The first-order chi connectivity index (χ1) is 12.9. The lowest BCUT2D eigenvalue weighted by molar-refractivity contribution is -0.112. The zero-order valence-corrected chi connectivity index (χ0v) is 16.2. The number of nitrogens with zero attached hydrogens (tertiary/aromatic N) is 2. The van der Waals surface area contributed by atoms with E-state index in [9.17, 15) is 18.8 Å². The van der Waals surface area contributed by atoms with Crippen LogP contribution < -0.4 is 5.32 Å². The summed E-state index contributed by atoms with van der Waals surface area (Å²) in [5, 5.41) is 12.0. The maximum absolute atomic E-state index is 12.7. The Kier molecular flexibility index (Phi) is 7.19. The van der Waals surface area contributed by atoms with E-state index >= 15 is 0 Å². The van der Waals surface area contributed by atoms with E-state index in [4.69, 9.17) is 0 Å². The summed E-state index contributed by atoms with van der Waals surface area (Å²) in [7, 11) is 0. The summed E-state index contributed by atoms with van der Waals surface area (Å²) < 4.78 is 27.5. The SMILES string of the molecule is CCCn1c(C)cc(/C=C(/C#N)C(=O)Nc2ccccc2SC(F)F)c1C. The standard InChI is InChI=1S/C20H21F2N3OS/c1-4-9-25-13(2)10-15(14(25)3)11-16(12-23)19(26)24-17-7-5-6-8-18(17)27-20(21)22/h5-8,10-11,20H,4,9H2,1-3H3,(H,24,26)/b16-11-. The van der Waals surface area contributed by atoms with E-state index in [1.807, 2.05) is 26.0 Å². The number of carbonyl (C=O) groups is 1. The van der Waals surface area contributed by atoms with Crippen LogP contribution in [0.25, 0.3) is 6.08 Å². The number of alkyl halides is 2. The first-order valence-electron chi connectivity index (χ1n) is 8.51. The fourth-order valence-electron chi connectivity index (χ4n) is 2.80. The van der Waals surface area contributed by atoms with Crippen LogP contribution in [-0.4, -0.2) is 16.2 Å². The first-order valence-corrected chi connectivity index (χ1v) is 9.39. The molecule has 0 saturated heterocycles. The monoisotopic (exact) mass is 389 g/mol. The van der Waals surface area contributed by atoms with E-state index in [1.54, 1.807) is 12.1 Å². The molecule has 142 valence electrons. The molecule has 0 unspecified atom stereocenters. The summed E-state index contributed by atoms with van der Waals surface area (Å²) >= 11 is 0.350. The van der Waals surface area contributed by atoms with Gasteiger partial charge in [-0.3, -0.25) is 4.79 Å². The molecule has 0 bridgehead atoms. The van der Waals surface area contributed by atoms with Gasteiger partial charge in [-0.1, -0.05) is 30.8 Å². The van der Waals surface area contributed by atoms with Crippen LogP contribution in [0.2, 0.25) is 0 Å². The molecule has 0 aliphatic carbocycles. The molecule has 7 heteroatoms. The molecule has 0 fully saturated rings. The fourth-order valence-corrected chi connectivity index (χ4v) is 3.40. The topological polar surface area (TPSA) is 57.8 Å². The summed E-state index contributed by atoms with van der Waals surface area (Å²) in [6.07, 6.45) is 2.51. The van der Waals surface area contributed by atoms with E-state index in [0.29, 0.717) is 11.8 Å². The van der Waals surface area contributed by atoms with Crippen molar-refractivity contribution in [3.63, 3.8) is 0 Å². The van der Waals surface area contributed by atoms with Crippen molar-refractivity contribution in [2.75, 3.05) is 5.32 Å². The van der Waals surface area contributed by atoms with E-state index in [0.717, 1.165) is 29.9 Å². The minimum atomic E-state index is -2.60. The second-order valence-corrected chi connectivity index (χ2v) is 7.01. The summed E-state index contributed by atoms with van der Waals surface area (Å²) in [6.45, 7) is 6.86. The van der Waals surface area contributed by atoms with E-state index in [-0.39, 0.29) is 16.2 Å².